The lowest BCUT2D eigenvalue weighted by molar-refractivity contribution is -0.360. The number of aromatic nitrogens is 2. The molecule has 0 spiro atoms. The maximum Gasteiger partial charge on any atom is 0.499 e. The Balaban J connectivity index is 2.29. The van der Waals surface area contributed by atoms with Crippen LogP contribution in [0, 0.1) is 0 Å². The molecular weight excluding hydrogens is 335 g/mol. The highest BCUT2D eigenvalue weighted by atomic mass is 19.4. The second kappa shape index (κ2) is 6.31. The Kier molecular flexibility index (Phi) is 4.75. The minimum atomic E-state index is -5.82. The predicted molar refractivity (Wildman–Crippen MR) is 73.4 cm³/mol. The summed E-state index contributed by atoms with van der Waals surface area (Å²) < 4.78 is 65.9. The molecule has 0 bridgehead atoms. The molecule has 1 unspecified atom stereocenters. The highest BCUT2D eigenvalue weighted by Crippen LogP contribution is 2.38. The Morgan fingerprint density at radius 1 is 0.958 bits per heavy atom. The van der Waals surface area contributed by atoms with Crippen LogP contribution in [0.3, 0.4) is 0 Å². The number of aliphatic hydroxyl groups is 1. The van der Waals surface area contributed by atoms with Gasteiger partial charge in [0.2, 0.25) is 0 Å². The van der Waals surface area contributed by atoms with E-state index in [1.807, 2.05) is 0 Å². The molecule has 0 aliphatic carbocycles. The summed E-state index contributed by atoms with van der Waals surface area (Å²) in [5.41, 5.74) is -0.865. The summed E-state index contributed by atoms with van der Waals surface area (Å²) in [6.45, 7) is 1.68. The summed E-state index contributed by atoms with van der Waals surface area (Å²) in [4.78, 5) is 7.59. The molecule has 1 aromatic carbocycles. The number of hydrogen-bond donors (Lipinski definition) is 1. The van der Waals surface area contributed by atoms with Crippen molar-refractivity contribution in [3.63, 3.8) is 0 Å². The zero-order chi connectivity index (χ0) is 18.0. The van der Waals surface area contributed by atoms with Gasteiger partial charge in [-0.3, -0.25) is 0 Å². The van der Waals surface area contributed by atoms with E-state index in [4.69, 9.17) is 0 Å². The fourth-order valence-electron chi connectivity index (χ4n) is 2.09. The van der Waals surface area contributed by atoms with Gasteiger partial charge < -0.3 is 9.84 Å². The number of nitrogens with zero attached hydrogens (tertiary/aromatic N) is 2. The Hall–Kier alpha value is -2.29. The van der Waals surface area contributed by atoms with Crippen molar-refractivity contribution in [2.24, 2.45) is 0 Å². The summed E-state index contributed by atoms with van der Waals surface area (Å²) in [6, 6.07) is 4.27. The van der Waals surface area contributed by atoms with Crippen LogP contribution in [0.4, 0.5) is 22.0 Å². The molecule has 0 saturated carbocycles. The molecule has 0 aliphatic heterocycles. The van der Waals surface area contributed by atoms with Crippen LogP contribution >= 0.6 is 0 Å². The molecule has 24 heavy (non-hydrogen) atoms. The minimum absolute atomic E-state index is 0.208. The normalized spacial score (nSPS) is 15.0. The number of hydrogen-bond acceptors (Lipinski definition) is 4. The lowest BCUT2D eigenvalue weighted by Gasteiger charge is -2.27. The third-order valence-electron chi connectivity index (χ3n) is 3.46. The van der Waals surface area contributed by atoms with Crippen LogP contribution in [0.25, 0.3) is 0 Å². The van der Waals surface area contributed by atoms with E-state index in [0.717, 1.165) is 12.1 Å². The third-order valence-corrected chi connectivity index (χ3v) is 3.46. The zero-order valence-corrected chi connectivity index (χ0v) is 12.4. The van der Waals surface area contributed by atoms with Crippen molar-refractivity contribution >= 4 is 0 Å². The van der Waals surface area contributed by atoms with Gasteiger partial charge in [0.15, 0.2) is 0 Å². The molecule has 9 heteroatoms. The standard InChI is InChI=1S/C15H13F5N2O2/c1-2-13(23,11-7-21-9-22-8-11)10-3-5-12(6-4-10)24-15(19,20)14(16,17)18/h3-9,23H,2H2,1H3. The van der Waals surface area contributed by atoms with Gasteiger partial charge in [0.25, 0.3) is 0 Å². The quantitative estimate of drug-likeness (QED) is 0.838. The third kappa shape index (κ3) is 3.45. The van der Waals surface area contributed by atoms with Crippen molar-refractivity contribution in [2.75, 3.05) is 0 Å². The molecule has 4 nitrogen and oxygen atoms in total. The molecule has 0 radical (unpaired) electrons. The van der Waals surface area contributed by atoms with Crippen LogP contribution in [0.15, 0.2) is 43.0 Å². The summed E-state index contributed by atoms with van der Waals surface area (Å²) in [5, 5.41) is 10.8. The topological polar surface area (TPSA) is 55.2 Å². The van der Waals surface area contributed by atoms with Gasteiger partial charge in [0, 0.05) is 18.0 Å². The van der Waals surface area contributed by atoms with Gasteiger partial charge in [-0.25, -0.2) is 9.97 Å². The van der Waals surface area contributed by atoms with E-state index in [0.29, 0.717) is 5.56 Å². The Morgan fingerprint density at radius 3 is 1.96 bits per heavy atom. The van der Waals surface area contributed by atoms with Gasteiger partial charge in [0.05, 0.1) is 0 Å². The van der Waals surface area contributed by atoms with Crippen molar-refractivity contribution in [1.82, 2.24) is 9.97 Å². The summed E-state index contributed by atoms with van der Waals surface area (Å²) >= 11 is 0. The molecular formula is C15H13F5N2O2. The second-order valence-electron chi connectivity index (χ2n) is 4.98. The summed E-state index contributed by atoms with van der Waals surface area (Å²) in [6.07, 6.45) is -6.87. The maximum atomic E-state index is 12.9. The fraction of sp³-hybridized carbons (Fsp3) is 0.333. The van der Waals surface area contributed by atoms with Crippen LogP contribution < -0.4 is 4.74 Å². The average molecular weight is 348 g/mol. The van der Waals surface area contributed by atoms with Gasteiger partial charge in [-0.05, 0) is 24.1 Å². The number of rotatable bonds is 5. The molecule has 1 aromatic heterocycles. The van der Waals surface area contributed by atoms with Crippen LogP contribution in [0.5, 0.6) is 5.75 Å². The molecule has 0 fully saturated rings. The van der Waals surface area contributed by atoms with Gasteiger partial charge >= 0.3 is 12.3 Å². The highest BCUT2D eigenvalue weighted by molar-refractivity contribution is 5.37. The molecule has 2 rings (SSSR count). The Bertz CT molecular complexity index is 677. The molecule has 1 N–H and O–H groups in total. The van der Waals surface area contributed by atoms with Crippen LogP contribution in [0.2, 0.25) is 0 Å². The maximum absolute atomic E-state index is 12.9. The predicted octanol–water partition coefficient (Wildman–Crippen LogP) is 3.66. The minimum Gasteiger partial charge on any atom is -0.426 e. The first-order valence-corrected chi connectivity index (χ1v) is 6.82. The van der Waals surface area contributed by atoms with Crippen molar-refractivity contribution in [2.45, 2.75) is 31.2 Å². The van der Waals surface area contributed by atoms with E-state index in [9.17, 15) is 27.1 Å². The van der Waals surface area contributed by atoms with Gasteiger partial charge in [-0.2, -0.15) is 22.0 Å². The van der Waals surface area contributed by atoms with Gasteiger partial charge in [-0.15, -0.1) is 0 Å². The Labute approximate surface area is 133 Å². The molecule has 2 aromatic rings. The first-order valence-electron chi connectivity index (χ1n) is 6.82. The van der Waals surface area contributed by atoms with E-state index in [1.54, 1.807) is 6.92 Å². The molecule has 1 atom stereocenters. The van der Waals surface area contributed by atoms with Gasteiger partial charge in [-0.1, -0.05) is 19.1 Å². The zero-order valence-electron chi connectivity index (χ0n) is 12.4. The number of ether oxygens (including phenoxy) is 1. The van der Waals surface area contributed by atoms with Crippen molar-refractivity contribution in [3.05, 3.63) is 54.1 Å². The summed E-state index contributed by atoms with van der Waals surface area (Å²) in [5.74, 6) is -0.677. The molecule has 1 heterocycles. The average Bonchev–Trinajstić information content (AvgIpc) is 2.54. The van der Waals surface area contributed by atoms with Crippen molar-refractivity contribution < 1.29 is 31.8 Å². The van der Waals surface area contributed by atoms with Crippen LogP contribution in [0.1, 0.15) is 24.5 Å². The fourth-order valence-corrected chi connectivity index (χ4v) is 2.09. The monoisotopic (exact) mass is 348 g/mol. The molecule has 0 aliphatic rings. The lowest BCUT2D eigenvalue weighted by Crippen LogP contribution is -2.41. The van der Waals surface area contributed by atoms with E-state index >= 15 is 0 Å². The number of halogens is 5. The summed E-state index contributed by atoms with van der Waals surface area (Å²) in [7, 11) is 0. The SMILES string of the molecule is CCC(O)(c1ccc(OC(F)(F)C(F)(F)F)cc1)c1cncnc1. The first-order chi connectivity index (χ1) is 11.1. The number of alkyl halides is 5. The molecule has 0 amide bonds. The van der Waals surface area contributed by atoms with Crippen molar-refractivity contribution in [1.29, 1.82) is 0 Å². The van der Waals surface area contributed by atoms with E-state index in [1.165, 1.54) is 30.9 Å². The first kappa shape index (κ1) is 18.1. The highest BCUT2D eigenvalue weighted by Gasteiger charge is 2.61. The van der Waals surface area contributed by atoms with E-state index in [-0.39, 0.29) is 12.0 Å². The van der Waals surface area contributed by atoms with Crippen LogP contribution in [-0.2, 0) is 5.60 Å². The lowest BCUT2D eigenvalue weighted by atomic mass is 9.86. The van der Waals surface area contributed by atoms with E-state index < -0.39 is 23.6 Å². The van der Waals surface area contributed by atoms with Gasteiger partial charge in [0.1, 0.15) is 17.7 Å². The van der Waals surface area contributed by atoms with E-state index in [2.05, 4.69) is 14.7 Å². The Morgan fingerprint density at radius 2 is 1.50 bits per heavy atom. The molecule has 0 saturated heterocycles. The molecule has 130 valence electrons. The van der Waals surface area contributed by atoms with Crippen LogP contribution in [-0.4, -0.2) is 27.4 Å². The number of benzene rings is 1. The second-order valence-corrected chi connectivity index (χ2v) is 4.98. The largest absolute Gasteiger partial charge is 0.499 e. The smallest absolute Gasteiger partial charge is 0.426 e. The van der Waals surface area contributed by atoms with Crippen molar-refractivity contribution in [3.8, 4) is 5.75 Å².